The van der Waals surface area contributed by atoms with Crippen molar-refractivity contribution in [1.82, 2.24) is 5.32 Å². The molecular formula is C16H13NO2. The predicted molar refractivity (Wildman–Crippen MR) is 71.1 cm³/mol. The van der Waals surface area contributed by atoms with Crippen LogP contribution in [-0.2, 0) is 12.0 Å². The second kappa shape index (κ2) is 3.38. The van der Waals surface area contributed by atoms with E-state index in [1.165, 1.54) is 0 Å². The van der Waals surface area contributed by atoms with Crippen LogP contribution in [-0.4, -0.2) is 11.0 Å². The van der Waals surface area contributed by atoms with Gasteiger partial charge in [0.15, 0.2) is 0 Å². The number of nitrogens with one attached hydrogen (secondary N) is 1. The highest BCUT2D eigenvalue weighted by Crippen LogP contribution is 2.48. The maximum atomic E-state index is 12.1. The highest BCUT2D eigenvalue weighted by Gasteiger charge is 2.48. The molecular weight excluding hydrogens is 238 g/mol. The Kier molecular flexibility index (Phi) is 1.89. The maximum Gasteiger partial charge on any atom is 0.252 e. The molecule has 1 atom stereocenters. The fourth-order valence-electron chi connectivity index (χ4n) is 3.48. The quantitative estimate of drug-likeness (QED) is 0.755. The van der Waals surface area contributed by atoms with Crippen molar-refractivity contribution < 1.29 is 9.90 Å². The Hall–Kier alpha value is -2.29. The van der Waals surface area contributed by atoms with Crippen LogP contribution in [0.4, 0.5) is 0 Å². The number of amides is 1. The first-order chi connectivity index (χ1) is 9.22. The molecule has 1 unspecified atom stereocenters. The normalized spacial score (nSPS) is 23.3. The average molecular weight is 251 g/mol. The molecule has 0 fully saturated rings. The molecule has 0 saturated heterocycles. The number of fused-ring (bicyclic) bond motifs is 4. The van der Waals surface area contributed by atoms with Crippen molar-refractivity contribution >= 4 is 5.91 Å². The van der Waals surface area contributed by atoms with Crippen LogP contribution in [0.1, 0.15) is 33.5 Å². The van der Waals surface area contributed by atoms with Crippen molar-refractivity contribution in [2.24, 2.45) is 0 Å². The van der Waals surface area contributed by atoms with E-state index in [4.69, 9.17) is 0 Å². The van der Waals surface area contributed by atoms with Crippen molar-refractivity contribution in [3.63, 3.8) is 0 Å². The smallest absolute Gasteiger partial charge is 0.252 e. The van der Waals surface area contributed by atoms with E-state index in [1.807, 2.05) is 36.4 Å². The van der Waals surface area contributed by atoms with Crippen LogP contribution in [0.5, 0.6) is 5.75 Å². The van der Waals surface area contributed by atoms with E-state index in [0.717, 1.165) is 35.1 Å². The number of carbonyl (C=O) groups is 1. The van der Waals surface area contributed by atoms with E-state index < -0.39 is 5.54 Å². The molecule has 1 spiro atoms. The average Bonchev–Trinajstić information content (AvgIpc) is 2.93. The van der Waals surface area contributed by atoms with E-state index in [9.17, 15) is 9.90 Å². The van der Waals surface area contributed by atoms with Crippen molar-refractivity contribution in [2.45, 2.75) is 18.4 Å². The van der Waals surface area contributed by atoms with Crippen LogP contribution >= 0.6 is 0 Å². The summed E-state index contributed by atoms with van der Waals surface area (Å²) in [7, 11) is 0. The largest absolute Gasteiger partial charge is 0.508 e. The number of benzene rings is 2. The second-order valence-electron chi connectivity index (χ2n) is 5.21. The van der Waals surface area contributed by atoms with Gasteiger partial charge in [-0.3, -0.25) is 4.79 Å². The molecule has 1 heterocycles. The lowest BCUT2D eigenvalue weighted by Crippen LogP contribution is -2.38. The van der Waals surface area contributed by atoms with E-state index in [0.29, 0.717) is 5.75 Å². The summed E-state index contributed by atoms with van der Waals surface area (Å²) in [5, 5.41) is 13.1. The maximum absolute atomic E-state index is 12.1. The molecule has 0 bridgehead atoms. The van der Waals surface area contributed by atoms with E-state index >= 15 is 0 Å². The van der Waals surface area contributed by atoms with Crippen LogP contribution in [0.25, 0.3) is 0 Å². The van der Waals surface area contributed by atoms with Gasteiger partial charge in [-0.15, -0.1) is 0 Å². The summed E-state index contributed by atoms with van der Waals surface area (Å²) in [5.74, 6) is 0.305. The molecule has 3 heteroatoms. The molecule has 1 aliphatic carbocycles. The van der Waals surface area contributed by atoms with Gasteiger partial charge in [0.25, 0.3) is 5.91 Å². The third-order valence-corrected chi connectivity index (χ3v) is 4.32. The van der Waals surface area contributed by atoms with Gasteiger partial charge in [-0.2, -0.15) is 0 Å². The monoisotopic (exact) mass is 251 g/mol. The van der Waals surface area contributed by atoms with Crippen LogP contribution in [0.2, 0.25) is 0 Å². The third kappa shape index (κ3) is 1.19. The van der Waals surface area contributed by atoms with Crippen molar-refractivity contribution in [2.75, 3.05) is 0 Å². The summed E-state index contributed by atoms with van der Waals surface area (Å²) < 4.78 is 0. The minimum atomic E-state index is -0.443. The van der Waals surface area contributed by atoms with Gasteiger partial charge in [-0.05, 0) is 41.7 Å². The fraction of sp³-hybridized carbons (Fsp3) is 0.188. The summed E-state index contributed by atoms with van der Waals surface area (Å²) in [5.41, 5.74) is 3.33. The Morgan fingerprint density at radius 2 is 1.84 bits per heavy atom. The number of aromatic hydroxyl groups is 1. The van der Waals surface area contributed by atoms with Gasteiger partial charge in [0.05, 0.1) is 5.54 Å². The summed E-state index contributed by atoms with van der Waals surface area (Å²) in [6.07, 6.45) is 1.60. The van der Waals surface area contributed by atoms with Crippen molar-refractivity contribution in [3.8, 4) is 5.75 Å². The Bertz CT molecular complexity index is 708. The summed E-state index contributed by atoms with van der Waals surface area (Å²) in [6.45, 7) is 0. The van der Waals surface area contributed by atoms with Gasteiger partial charge in [0, 0.05) is 5.56 Å². The molecule has 19 heavy (non-hydrogen) atoms. The molecule has 2 aliphatic rings. The van der Waals surface area contributed by atoms with Crippen LogP contribution < -0.4 is 5.32 Å². The molecule has 1 aliphatic heterocycles. The first-order valence-electron chi connectivity index (χ1n) is 6.46. The highest BCUT2D eigenvalue weighted by atomic mass is 16.3. The number of carbonyl (C=O) groups excluding carboxylic acids is 1. The van der Waals surface area contributed by atoms with Crippen LogP contribution in [0.15, 0.2) is 42.5 Å². The zero-order valence-corrected chi connectivity index (χ0v) is 10.3. The minimum Gasteiger partial charge on any atom is -0.508 e. The molecule has 4 rings (SSSR count). The summed E-state index contributed by atoms with van der Waals surface area (Å²) in [6, 6.07) is 13.3. The molecule has 1 amide bonds. The van der Waals surface area contributed by atoms with E-state index in [-0.39, 0.29) is 5.91 Å². The molecule has 94 valence electrons. The Labute approximate surface area is 110 Å². The number of phenols is 1. The summed E-state index contributed by atoms with van der Waals surface area (Å²) in [4.78, 5) is 12.1. The Morgan fingerprint density at radius 1 is 1.05 bits per heavy atom. The molecule has 0 radical (unpaired) electrons. The zero-order chi connectivity index (χ0) is 13.0. The standard InChI is InChI=1S/C16H13NO2/c18-14-7-3-6-12-10(14)8-9-16(12)13-5-2-1-4-11(13)15(19)17-16/h1-7,18H,8-9H2,(H,17,19). The van der Waals surface area contributed by atoms with Crippen molar-refractivity contribution in [3.05, 3.63) is 64.7 Å². The van der Waals surface area contributed by atoms with Gasteiger partial charge in [-0.1, -0.05) is 30.3 Å². The zero-order valence-electron chi connectivity index (χ0n) is 10.3. The molecule has 0 saturated carbocycles. The van der Waals surface area contributed by atoms with Gasteiger partial charge >= 0.3 is 0 Å². The third-order valence-electron chi connectivity index (χ3n) is 4.32. The van der Waals surface area contributed by atoms with Gasteiger partial charge in [0.1, 0.15) is 5.75 Å². The van der Waals surface area contributed by atoms with Gasteiger partial charge in [-0.25, -0.2) is 0 Å². The minimum absolute atomic E-state index is 0.0215. The number of hydrogen-bond acceptors (Lipinski definition) is 2. The molecule has 0 aromatic heterocycles. The first-order valence-corrected chi connectivity index (χ1v) is 6.46. The molecule has 3 nitrogen and oxygen atoms in total. The topological polar surface area (TPSA) is 49.3 Å². The molecule has 2 aromatic carbocycles. The Morgan fingerprint density at radius 3 is 2.74 bits per heavy atom. The number of phenolic OH excluding ortho intramolecular Hbond substituents is 1. The first kappa shape index (κ1) is 10.6. The second-order valence-corrected chi connectivity index (χ2v) is 5.21. The lowest BCUT2D eigenvalue weighted by atomic mass is 9.85. The van der Waals surface area contributed by atoms with Crippen molar-refractivity contribution in [1.29, 1.82) is 0 Å². The van der Waals surface area contributed by atoms with E-state index in [1.54, 1.807) is 6.07 Å². The number of rotatable bonds is 0. The van der Waals surface area contributed by atoms with E-state index in [2.05, 4.69) is 5.32 Å². The predicted octanol–water partition coefficient (Wildman–Crippen LogP) is 2.33. The summed E-state index contributed by atoms with van der Waals surface area (Å²) >= 11 is 0. The highest BCUT2D eigenvalue weighted by molar-refractivity contribution is 6.01. The lowest BCUT2D eigenvalue weighted by Gasteiger charge is -2.26. The SMILES string of the molecule is O=C1NC2(CCc3c(O)cccc32)c2ccccc21. The van der Waals surface area contributed by atoms with Gasteiger partial charge in [0.2, 0.25) is 0 Å². The molecule has 2 N–H and O–H groups in total. The van der Waals surface area contributed by atoms with Crippen LogP contribution in [0, 0.1) is 0 Å². The number of hydrogen-bond donors (Lipinski definition) is 2. The van der Waals surface area contributed by atoms with Gasteiger partial charge < -0.3 is 10.4 Å². The fourth-order valence-corrected chi connectivity index (χ4v) is 3.48. The Balaban J connectivity index is 2.01. The van der Waals surface area contributed by atoms with Crippen LogP contribution in [0.3, 0.4) is 0 Å². The lowest BCUT2D eigenvalue weighted by molar-refractivity contribution is 0.0940. The molecule has 2 aromatic rings.